The maximum Gasteiger partial charge on any atom is 1.00 e. The number of ether oxygens (including phenoxy) is 1. The molecule has 4 nitrogen and oxygen atoms in total. The molecule has 0 atom stereocenters. The molecule has 0 bridgehead atoms. The van der Waals surface area contributed by atoms with Crippen LogP contribution in [0.5, 0.6) is 0 Å². The van der Waals surface area contributed by atoms with E-state index in [1.54, 1.807) is 0 Å². The van der Waals surface area contributed by atoms with Gasteiger partial charge in [0.05, 0.1) is 12.6 Å². The number of aliphatic hydroxyl groups is 1. The molecular weight excluding hydrogens is 147 g/mol. The molecule has 0 aliphatic heterocycles. The molecular formula is C5H7NaO4. The van der Waals surface area contributed by atoms with E-state index in [1.165, 1.54) is 0 Å². The minimum absolute atomic E-state index is 0. The first kappa shape index (κ1) is 12.6. The van der Waals surface area contributed by atoms with E-state index in [0.29, 0.717) is 0 Å². The molecule has 0 aromatic carbocycles. The van der Waals surface area contributed by atoms with E-state index < -0.39 is 12.6 Å². The van der Waals surface area contributed by atoms with Crippen LogP contribution < -0.4 is 34.7 Å². The normalized spacial score (nSPS) is 8.00. The van der Waals surface area contributed by atoms with Crippen molar-refractivity contribution in [1.82, 2.24) is 0 Å². The fourth-order valence-electron chi connectivity index (χ4n) is 0.252. The zero-order valence-electron chi connectivity index (χ0n) is 5.79. The molecule has 0 saturated carbocycles. The smallest absolute Gasteiger partial charge is 0.548 e. The third kappa shape index (κ3) is 10.9. The van der Waals surface area contributed by atoms with Crippen LogP contribution in [0.3, 0.4) is 0 Å². The summed E-state index contributed by atoms with van der Waals surface area (Å²) in [6.07, 6.45) is 0. The van der Waals surface area contributed by atoms with Crippen molar-refractivity contribution in [3.05, 3.63) is 12.3 Å². The maximum absolute atomic E-state index is 9.63. The molecule has 0 unspecified atom stereocenters. The van der Waals surface area contributed by atoms with E-state index in [0.717, 1.165) is 0 Å². The topological polar surface area (TPSA) is 69.6 Å². The van der Waals surface area contributed by atoms with E-state index in [9.17, 15) is 9.90 Å². The predicted octanol–water partition coefficient (Wildman–Crippen LogP) is -4.17. The van der Waals surface area contributed by atoms with Crippen molar-refractivity contribution in [2.75, 3.05) is 13.2 Å². The third-order valence-corrected chi connectivity index (χ3v) is 0.489. The van der Waals surface area contributed by atoms with E-state index in [-0.39, 0.29) is 41.9 Å². The van der Waals surface area contributed by atoms with Crippen LogP contribution in [0.25, 0.3) is 0 Å². The molecule has 0 aromatic heterocycles. The number of aliphatic hydroxyl groups excluding tert-OH is 1. The molecule has 52 valence electrons. The van der Waals surface area contributed by atoms with Crippen LogP contribution in [-0.2, 0) is 9.53 Å². The minimum atomic E-state index is -1.31. The van der Waals surface area contributed by atoms with Gasteiger partial charge in [0.1, 0.15) is 12.4 Å². The molecule has 0 amide bonds. The van der Waals surface area contributed by atoms with E-state index in [2.05, 4.69) is 11.3 Å². The van der Waals surface area contributed by atoms with Crippen LogP contribution in [0.2, 0.25) is 0 Å². The van der Waals surface area contributed by atoms with Gasteiger partial charge in [-0.25, -0.2) is 0 Å². The van der Waals surface area contributed by atoms with Crippen LogP contribution in [0.1, 0.15) is 0 Å². The zero-order valence-corrected chi connectivity index (χ0v) is 7.79. The summed E-state index contributed by atoms with van der Waals surface area (Å²) in [4.78, 5) is 9.63. The largest absolute Gasteiger partial charge is 1.00 e. The summed E-state index contributed by atoms with van der Waals surface area (Å²) >= 11 is 0. The Bertz CT molecular complexity index is 109. The summed E-state index contributed by atoms with van der Waals surface area (Å²) in [6.45, 7) is 2.40. The number of carbonyl (C=O) groups is 1. The summed E-state index contributed by atoms with van der Waals surface area (Å²) in [5.74, 6) is -1.51. The first-order valence-electron chi connectivity index (χ1n) is 2.27. The first-order chi connectivity index (χ1) is 4.13. The predicted molar refractivity (Wildman–Crippen MR) is 27.6 cm³/mol. The van der Waals surface area contributed by atoms with Crippen molar-refractivity contribution in [2.45, 2.75) is 0 Å². The van der Waals surface area contributed by atoms with Crippen LogP contribution in [0.15, 0.2) is 12.3 Å². The molecule has 1 N–H and O–H groups in total. The number of carboxylic acids is 1. The van der Waals surface area contributed by atoms with Gasteiger partial charge in [0.15, 0.2) is 0 Å². The van der Waals surface area contributed by atoms with Gasteiger partial charge in [-0.2, -0.15) is 0 Å². The molecule has 0 aliphatic rings. The molecule has 0 radical (unpaired) electrons. The molecule has 0 aromatic rings. The number of aliphatic carboxylic acids is 1. The number of hydrogen-bond donors (Lipinski definition) is 1. The van der Waals surface area contributed by atoms with E-state index in [4.69, 9.17) is 5.11 Å². The van der Waals surface area contributed by atoms with Gasteiger partial charge in [-0.05, 0) is 0 Å². The second-order valence-electron chi connectivity index (χ2n) is 1.43. The van der Waals surface area contributed by atoms with Crippen molar-refractivity contribution < 1.29 is 49.3 Å². The van der Waals surface area contributed by atoms with Crippen molar-refractivity contribution >= 4 is 5.97 Å². The van der Waals surface area contributed by atoms with Crippen molar-refractivity contribution in [3.8, 4) is 0 Å². The van der Waals surface area contributed by atoms with Gasteiger partial charge in [0.25, 0.3) is 0 Å². The minimum Gasteiger partial charge on any atom is -0.548 e. The van der Waals surface area contributed by atoms with Gasteiger partial charge in [-0.1, -0.05) is 6.58 Å². The van der Waals surface area contributed by atoms with Gasteiger partial charge in [-0.3, -0.25) is 0 Å². The second-order valence-corrected chi connectivity index (χ2v) is 1.43. The summed E-state index contributed by atoms with van der Waals surface area (Å²) in [6, 6.07) is 0. The summed E-state index contributed by atoms with van der Waals surface area (Å²) in [5.41, 5.74) is 0. The Morgan fingerprint density at radius 2 is 2.10 bits per heavy atom. The Labute approximate surface area is 80.8 Å². The molecule has 10 heavy (non-hydrogen) atoms. The zero-order chi connectivity index (χ0) is 7.28. The van der Waals surface area contributed by atoms with Gasteiger partial charge in [0, 0.05) is 0 Å². The SMILES string of the molecule is C=C(O)COCC(=O)[O-].[Na+]. The summed E-state index contributed by atoms with van der Waals surface area (Å²) < 4.78 is 4.34. The third-order valence-electron chi connectivity index (χ3n) is 0.489. The molecule has 0 heterocycles. The number of carboxylic acid groups (broad SMARTS) is 1. The molecule has 0 fully saturated rings. The van der Waals surface area contributed by atoms with Crippen molar-refractivity contribution in [3.63, 3.8) is 0 Å². The van der Waals surface area contributed by atoms with Crippen LogP contribution >= 0.6 is 0 Å². The molecule has 5 heteroatoms. The number of carbonyl (C=O) groups excluding carboxylic acids is 1. The van der Waals surface area contributed by atoms with E-state index >= 15 is 0 Å². The van der Waals surface area contributed by atoms with Crippen LogP contribution in [0, 0.1) is 0 Å². The second kappa shape index (κ2) is 7.08. The monoisotopic (exact) mass is 154 g/mol. The van der Waals surface area contributed by atoms with Crippen LogP contribution in [0.4, 0.5) is 0 Å². The Morgan fingerprint density at radius 3 is 2.40 bits per heavy atom. The molecule has 0 saturated heterocycles. The molecule has 0 spiro atoms. The molecule has 0 aliphatic carbocycles. The Morgan fingerprint density at radius 1 is 1.60 bits per heavy atom. The average Bonchev–Trinajstić information content (AvgIpc) is 1.63. The van der Waals surface area contributed by atoms with Gasteiger partial charge < -0.3 is 19.7 Å². The fraction of sp³-hybridized carbons (Fsp3) is 0.400. The standard InChI is InChI=1S/C5H8O4.Na/c1-4(6)2-9-3-5(7)8;/h6H,1-3H2,(H,7,8);/q;+1/p-1. The number of rotatable bonds is 4. The summed E-state index contributed by atoms with van der Waals surface area (Å²) in [5, 5.41) is 18.0. The Hall–Kier alpha value is -0.0300. The van der Waals surface area contributed by atoms with Crippen LogP contribution in [-0.4, -0.2) is 24.3 Å². The number of hydrogen-bond acceptors (Lipinski definition) is 4. The summed E-state index contributed by atoms with van der Waals surface area (Å²) in [7, 11) is 0. The average molecular weight is 154 g/mol. The molecule has 0 rings (SSSR count). The van der Waals surface area contributed by atoms with Gasteiger partial charge >= 0.3 is 29.6 Å². The van der Waals surface area contributed by atoms with Gasteiger partial charge in [-0.15, -0.1) is 0 Å². The Balaban J connectivity index is 0. The fourth-order valence-corrected chi connectivity index (χ4v) is 0.252. The first-order valence-corrected chi connectivity index (χ1v) is 2.27. The Kier molecular flexibility index (Phi) is 8.94. The van der Waals surface area contributed by atoms with E-state index in [1.807, 2.05) is 0 Å². The van der Waals surface area contributed by atoms with Gasteiger partial charge in [0.2, 0.25) is 0 Å². The maximum atomic E-state index is 9.63. The van der Waals surface area contributed by atoms with Crippen molar-refractivity contribution in [2.24, 2.45) is 0 Å². The quantitative estimate of drug-likeness (QED) is 0.329. The van der Waals surface area contributed by atoms with Crippen molar-refractivity contribution in [1.29, 1.82) is 0 Å².